The van der Waals surface area contributed by atoms with Gasteiger partial charge in [0.15, 0.2) is 0 Å². The van der Waals surface area contributed by atoms with E-state index < -0.39 is 15.9 Å². The summed E-state index contributed by atoms with van der Waals surface area (Å²) in [6, 6.07) is 13.9. The molecule has 2 aromatic carbocycles. The number of amides is 1. The molecule has 25 heavy (non-hydrogen) atoms. The lowest BCUT2D eigenvalue weighted by atomic mass is 10.1. The van der Waals surface area contributed by atoms with Gasteiger partial charge in [0, 0.05) is 5.69 Å². The Kier molecular flexibility index (Phi) is 5.45. The number of sulfonamides is 1. The first-order valence-corrected chi connectivity index (χ1v) is 9.41. The van der Waals surface area contributed by atoms with Gasteiger partial charge in [0.2, 0.25) is 15.9 Å². The van der Waals surface area contributed by atoms with Crippen molar-refractivity contribution in [1.82, 2.24) is 0 Å². The molecule has 2 rings (SSSR count). The van der Waals surface area contributed by atoms with Crippen molar-refractivity contribution in [2.24, 2.45) is 0 Å². The Balaban J connectivity index is 2.29. The predicted octanol–water partition coefficient (Wildman–Crippen LogP) is 2.58. The first kappa shape index (κ1) is 18.5. The van der Waals surface area contributed by atoms with Crippen LogP contribution in [0.5, 0.6) is 0 Å². The number of hydrogen-bond acceptors (Lipinski definition) is 4. The zero-order chi connectivity index (χ0) is 18.6. The topological polar surface area (TPSA) is 90.3 Å². The average molecular weight is 357 g/mol. The van der Waals surface area contributed by atoms with Crippen LogP contribution in [0.3, 0.4) is 0 Å². The molecule has 7 heteroatoms. The van der Waals surface area contributed by atoms with Gasteiger partial charge < -0.3 is 5.32 Å². The number of nitrogens with one attached hydrogen (secondary N) is 1. The fourth-order valence-electron chi connectivity index (χ4n) is 2.56. The first-order chi connectivity index (χ1) is 11.7. The molecule has 0 aliphatic heterocycles. The highest BCUT2D eigenvalue weighted by Crippen LogP contribution is 2.26. The lowest BCUT2D eigenvalue weighted by molar-refractivity contribution is -0.114. The molecule has 0 saturated carbocycles. The Morgan fingerprint density at radius 2 is 1.76 bits per heavy atom. The maximum Gasteiger partial charge on any atom is 0.245 e. The lowest BCUT2D eigenvalue weighted by Crippen LogP contribution is -2.38. The number of hydrogen-bond donors (Lipinski definition) is 1. The quantitative estimate of drug-likeness (QED) is 0.890. The Hall–Kier alpha value is -2.85. The number of benzene rings is 2. The third-order valence-electron chi connectivity index (χ3n) is 3.65. The van der Waals surface area contributed by atoms with Gasteiger partial charge in [-0.1, -0.05) is 24.3 Å². The molecule has 0 fully saturated rings. The molecule has 0 aliphatic carbocycles. The maximum atomic E-state index is 12.4. The van der Waals surface area contributed by atoms with Crippen molar-refractivity contribution in [2.75, 3.05) is 22.4 Å². The zero-order valence-corrected chi connectivity index (χ0v) is 15.1. The van der Waals surface area contributed by atoms with Gasteiger partial charge in [-0.2, -0.15) is 5.26 Å². The molecule has 130 valence electrons. The van der Waals surface area contributed by atoms with Crippen LogP contribution >= 0.6 is 0 Å². The van der Waals surface area contributed by atoms with Crippen molar-refractivity contribution in [2.45, 2.75) is 13.8 Å². The van der Waals surface area contributed by atoms with Crippen LogP contribution in [0, 0.1) is 25.2 Å². The van der Waals surface area contributed by atoms with Gasteiger partial charge in [0.05, 0.1) is 23.6 Å². The molecular weight excluding hydrogens is 338 g/mol. The highest BCUT2D eigenvalue weighted by atomic mass is 32.2. The summed E-state index contributed by atoms with van der Waals surface area (Å²) in [4.78, 5) is 12.4. The van der Waals surface area contributed by atoms with Crippen molar-refractivity contribution in [1.29, 1.82) is 5.26 Å². The fourth-order valence-corrected chi connectivity index (χ4v) is 3.53. The van der Waals surface area contributed by atoms with E-state index in [-0.39, 0.29) is 6.54 Å². The van der Waals surface area contributed by atoms with Gasteiger partial charge in [-0.3, -0.25) is 9.10 Å². The van der Waals surface area contributed by atoms with Gasteiger partial charge in [-0.15, -0.1) is 0 Å². The van der Waals surface area contributed by atoms with E-state index in [1.807, 2.05) is 12.1 Å². The Bertz CT molecular complexity index is 926. The Labute approximate surface area is 147 Å². The molecule has 0 radical (unpaired) electrons. The smallest absolute Gasteiger partial charge is 0.245 e. The largest absolute Gasteiger partial charge is 0.324 e. The van der Waals surface area contributed by atoms with Crippen molar-refractivity contribution in [3.8, 4) is 6.07 Å². The summed E-state index contributed by atoms with van der Waals surface area (Å²) in [6.07, 6.45) is 1.07. The first-order valence-electron chi connectivity index (χ1n) is 7.56. The second-order valence-electron chi connectivity index (χ2n) is 5.75. The van der Waals surface area contributed by atoms with Crippen LogP contribution in [0.1, 0.15) is 16.7 Å². The van der Waals surface area contributed by atoms with Crippen LogP contribution in [0.4, 0.5) is 11.4 Å². The second kappa shape index (κ2) is 7.36. The Morgan fingerprint density at radius 3 is 2.32 bits per heavy atom. The molecule has 0 aromatic heterocycles. The lowest BCUT2D eigenvalue weighted by Gasteiger charge is -2.25. The fraction of sp³-hybridized carbons (Fsp3) is 0.222. The van der Waals surface area contributed by atoms with E-state index in [4.69, 9.17) is 5.26 Å². The Morgan fingerprint density at radius 1 is 1.16 bits per heavy atom. The molecule has 0 spiro atoms. The van der Waals surface area contributed by atoms with Crippen molar-refractivity contribution < 1.29 is 13.2 Å². The third kappa shape index (κ3) is 4.58. The van der Waals surface area contributed by atoms with Crippen LogP contribution in [-0.2, 0) is 14.8 Å². The van der Waals surface area contributed by atoms with Crippen LogP contribution in [-0.4, -0.2) is 27.1 Å². The van der Waals surface area contributed by atoms with E-state index in [1.54, 1.807) is 44.2 Å². The summed E-state index contributed by atoms with van der Waals surface area (Å²) < 4.78 is 25.6. The third-order valence-corrected chi connectivity index (χ3v) is 4.76. The molecule has 0 saturated heterocycles. The van der Waals surface area contributed by atoms with Crippen molar-refractivity contribution in [3.63, 3.8) is 0 Å². The van der Waals surface area contributed by atoms with E-state index in [9.17, 15) is 13.2 Å². The molecule has 0 aliphatic rings. The highest BCUT2D eigenvalue weighted by molar-refractivity contribution is 7.92. The SMILES string of the molecule is Cc1cccc(C)c1N(CC(=O)Nc1cccc(C#N)c1)S(C)(=O)=O. The maximum absolute atomic E-state index is 12.4. The van der Waals surface area contributed by atoms with Crippen LogP contribution < -0.4 is 9.62 Å². The molecule has 0 unspecified atom stereocenters. The van der Waals surface area contributed by atoms with E-state index in [2.05, 4.69) is 5.32 Å². The standard InChI is InChI=1S/C18H19N3O3S/c1-13-6-4-7-14(2)18(13)21(25(3,23)24)12-17(22)20-16-9-5-8-15(10-16)11-19/h4-10H,12H2,1-3H3,(H,20,22). The number of nitriles is 1. The van der Waals surface area contributed by atoms with Gasteiger partial charge in [-0.05, 0) is 43.2 Å². The van der Waals surface area contributed by atoms with Crippen LogP contribution in [0.2, 0.25) is 0 Å². The number of para-hydroxylation sites is 1. The van der Waals surface area contributed by atoms with Crippen molar-refractivity contribution >= 4 is 27.3 Å². The van der Waals surface area contributed by atoms with E-state index >= 15 is 0 Å². The number of aryl methyl sites for hydroxylation is 2. The summed E-state index contributed by atoms with van der Waals surface area (Å²) in [5.74, 6) is -0.483. The number of nitrogens with zero attached hydrogens (tertiary/aromatic N) is 2. The summed E-state index contributed by atoms with van der Waals surface area (Å²) in [5, 5.41) is 11.5. The normalized spacial score (nSPS) is 10.8. The van der Waals surface area contributed by atoms with Gasteiger partial charge in [0.1, 0.15) is 6.54 Å². The zero-order valence-electron chi connectivity index (χ0n) is 14.3. The number of rotatable bonds is 5. The molecule has 6 nitrogen and oxygen atoms in total. The van der Waals surface area contributed by atoms with E-state index in [0.717, 1.165) is 21.7 Å². The second-order valence-corrected chi connectivity index (χ2v) is 7.66. The van der Waals surface area contributed by atoms with E-state index in [0.29, 0.717) is 16.9 Å². The van der Waals surface area contributed by atoms with Crippen LogP contribution in [0.15, 0.2) is 42.5 Å². The molecule has 1 N–H and O–H groups in total. The van der Waals surface area contributed by atoms with Crippen molar-refractivity contribution in [3.05, 3.63) is 59.2 Å². The molecule has 2 aromatic rings. The summed E-state index contributed by atoms with van der Waals surface area (Å²) in [7, 11) is -3.64. The van der Waals surface area contributed by atoms with Crippen LogP contribution in [0.25, 0.3) is 0 Å². The molecule has 0 atom stereocenters. The highest BCUT2D eigenvalue weighted by Gasteiger charge is 2.23. The van der Waals surface area contributed by atoms with Gasteiger partial charge in [0.25, 0.3) is 0 Å². The van der Waals surface area contributed by atoms with Gasteiger partial charge >= 0.3 is 0 Å². The minimum absolute atomic E-state index is 0.346. The minimum Gasteiger partial charge on any atom is -0.324 e. The monoisotopic (exact) mass is 357 g/mol. The average Bonchev–Trinajstić information content (AvgIpc) is 2.53. The summed E-state index contributed by atoms with van der Waals surface area (Å²) in [5.41, 5.74) is 2.90. The molecule has 0 heterocycles. The molecule has 1 amide bonds. The number of carbonyl (C=O) groups is 1. The predicted molar refractivity (Wildman–Crippen MR) is 97.9 cm³/mol. The number of carbonyl (C=O) groups excluding carboxylic acids is 1. The summed E-state index contributed by atoms with van der Waals surface area (Å²) in [6.45, 7) is 3.25. The summed E-state index contributed by atoms with van der Waals surface area (Å²) >= 11 is 0. The van der Waals surface area contributed by atoms with E-state index in [1.165, 1.54) is 6.07 Å². The molecule has 0 bridgehead atoms. The van der Waals surface area contributed by atoms with Gasteiger partial charge in [-0.25, -0.2) is 8.42 Å². The number of anilines is 2. The minimum atomic E-state index is -3.64. The molecular formula is C18H19N3O3S.